The van der Waals surface area contributed by atoms with E-state index in [0.29, 0.717) is 16.8 Å². The Morgan fingerprint density at radius 2 is 1.92 bits per heavy atom. The number of hydrogen-bond donors (Lipinski definition) is 0. The third kappa shape index (κ3) is 3.43. The van der Waals surface area contributed by atoms with Gasteiger partial charge in [0.05, 0.1) is 4.47 Å². The topological polar surface area (TPSA) is 29.5 Å². The molecule has 1 amide bonds. The molecular weight excluding hydrogens is 380 g/mol. The Balaban J connectivity index is 1.79. The minimum atomic E-state index is -0.747. The lowest BCUT2D eigenvalue weighted by Crippen LogP contribution is -2.43. The highest BCUT2D eigenvalue weighted by atomic mass is 79.9. The Morgan fingerprint density at radius 3 is 2.67 bits per heavy atom. The Kier molecular flexibility index (Phi) is 4.85. The highest BCUT2D eigenvalue weighted by molar-refractivity contribution is 9.10. The Morgan fingerprint density at radius 1 is 1.21 bits per heavy atom. The third-order valence-corrected chi connectivity index (χ3v) is 4.59. The van der Waals surface area contributed by atoms with Crippen LogP contribution in [0, 0.1) is 11.6 Å². The van der Waals surface area contributed by atoms with Crippen LogP contribution in [0.25, 0.3) is 0 Å². The van der Waals surface area contributed by atoms with Crippen molar-refractivity contribution in [1.29, 1.82) is 0 Å². The maximum absolute atomic E-state index is 13.4. The van der Waals surface area contributed by atoms with E-state index in [1.54, 1.807) is 17.9 Å². The third-order valence-electron chi connectivity index (χ3n) is 3.97. The molecule has 0 saturated heterocycles. The van der Waals surface area contributed by atoms with Crippen molar-refractivity contribution in [3.63, 3.8) is 0 Å². The van der Waals surface area contributed by atoms with Crippen LogP contribution in [0.3, 0.4) is 0 Å². The maximum atomic E-state index is 13.4. The molecule has 2 aromatic carbocycles. The summed E-state index contributed by atoms with van der Waals surface area (Å²) in [7, 11) is 0. The number of halogens is 3. The lowest BCUT2D eigenvalue weighted by molar-refractivity contribution is -0.124. The van der Waals surface area contributed by atoms with Crippen LogP contribution in [0.2, 0.25) is 0 Å². The minimum Gasteiger partial charge on any atom is -0.480 e. The second kappa shape index (κ2) is 6.89. The zero-order valence-electron chi connectivity index (χ0n) is 13.1. The summed E-state index contributed by atoms with van der Waals surface area (Å²) in [6.07, 6.45) is 0.771. The van der Waals surface area contributed by atoms with E-state index in [2.05, 4.69) is 15.9 Å². The van der Waals surface area contributed by atoms with Gasteiger partial charge in [0.25, 0.3) is 5.91 Å². The lowest BCUT2D eigenvalue weighted by atomic mass is 10.0. The number of hydrogen-bond acceptors (Lipinski definition) is 2. The van der Waals surface area contributed by atoms with Gasteiger partial charge in [-0.25, -0.2) is 8.78 Å². The zero-order chi connectivity index (χ0) is 17.3. The number of aryl methyl sites for hydroxylation is 1. The monoisotopic (exact) mass is 395 g/mol. The minimum absolute atomic E-state index is 0.209. The summed E-state index contributed by atoms with van der Waals surface area (Å²) in [5.41, 5.74) is 1.55. The molecule has 0 radical (unpaired) electrons. The van der Waals surface area contributed by atoms with Crippen LogP contribution in [0.5, 0.6) is 5.75 Å². The van der Waals surface area contributed by atoms with Crippen molar-refractivity contribution >= 4 is 27.5 Å². The summed E-state index contributed by atoms with van der Waals surface area (Å²) < 4.78 is 32.6. The van der Waals surface area contributed by atoms with Crippen LogP contribution in [-0.4, -0.2) is 18.6 Å². The second-order valence-electron chi connectivity index (χ2n) is 5.70. The molecule has 1 aliphatic rings. The molecule has 1 heterocycles. The SMILES string of the molecule is CC(Oc1ccc(F)cc1Br)C(=O)N1CCCc2cc(F)ccc21. The average molecular weight is 396 g/mol. The van der Waals surface area contributed by atoms with Crippen molar-refractivity contribution < 1.29 is 18.3 Å². The average Bonchev–Trinajstić information content (AvgIpc) is 2.55. The van der Waals surface area contributed by atoms with Crippen LogP contribution < -0.4 is 9.64 Å². The summed E-state index contributed by atoms with van der Waals surface area (Å²) >= 11 is 3.22. The molecule has 0 N–H and O–H groups in total. The number of carbonyl (C=O) groups is 1. The van der Waals surface area contributed by atoms with E-state index in [0.717, 1.165) is 24.1 Å². The number of carbonyl (C=O) groups excluding carboxylic acids is 1. The van der Waals surface area contributed by atoms with Gasteiger partial charge in [0, 0.05) is 12.2 Å². The normalized spacial score (nSPS) is 14.9. The standard InChI is InChI=1S/C18H16BrF2NO2/c1-11(24-17-7-5-14(21)10-15(17)19)18(23)22-8-2-3-12-9-13(20)4-6-16(12)22/h4-7,9-11H,2-3,8H2,1H3. The molecule has 0 bridgehead atoms. The summed E-state index contributed by atoms with van der Waals surface area (Å²) in [5.74, 6) is -0.504. The van der Waals surface area contributed by atoms with Crippen molar-refractivity contribution in [3.05, 3.63) is 58.1 Å². The second-order valence-corrected chi connectivity index (χ2v) is 6.56. The molecule has 0 saturated carbocycles. The van der Waals surface area contributed by atoms with Crippen LogP contribution in [0.15, 0.2) is 40.9 Å². The van der Waals surface area contributed by atoms with Crippen molar-refractivity contribution in [2.75, 3.05) is 11.4 Å². The molecular formula is C18H16BrF2NO2. The zero-order valence-corrected chi connectivity index (χ0v) is 14.6. The van der Waals surface area contributed by atoms with Crippen LogP contribution in [0.4, 0.5) is 14.5 Å². The molecule has 0 fully saturated rings. The summed E-state index contributed by atoms with van der Waals surface area (Å²) in [5, 5.41) is 0. The first-order chi connectivity index (χ1) is 11.5. The van der Waals surface area contributed by atoms with Gasteiger partial charge in [-0.15, -0.1) is 0 Å². The summed E-state index contributed by atoms with van der Waals surface area (Å²) in [4.78, 5) is 14.4. The largest absolute Gasteiger partial charge is 0.480 e. The fraction of sp³-hybridized carbons (Fsp3) is 0.278. The molecule has 1 atom stereocenters. The summed E-state index contributed by atoms with van der Waals surface area (Å²) in [6.45, 7) is 2.21. The van der Waals surface area contributed by atoms with Crippen LogP contribution in [0.1, 0.15) is 18.9 Å². The predicted octanol–water partition coefficient (Wildman–Crippen LogP) is 4.47. The number of anilines is 1. The van der Waals surface area contributed by atoms with E-state index in [1.165, 1.54) is 30.3 Å². The van der Waals surface area contributed by atoms with Crippen molar-refractivity contribution in [2.45, 2.75) is 25.9 Å². The van der Waals surface area contributed by atoms with Crippen molar-refractivity contribution in [1.82, 2.24) is 0 Å². The van der Waals surface area contributed by atoms with Crippen LogP contribution >= 0.6 is 15.9 Å². The highest BCUT2D eigenvalue weighted by Gasteiger charge is 2.28. The first kappa shape index (κ1) is 16.9. The van der Waals surface area contributed by atoms with E-state index in [4.69, 9.17) is 4.74 Å². The smallest absolute Gasteiger partial charge is 0.267 e. The highest BCUT2D eigenvalue weighted by Crippen LogP contribution is 2.30. The molecule has 3 nitrogen and oxygen atoms in total. The predicted molar refractivity (Wildman–Crippen MR) is 91.3 cm³/mol. The number of nitrogens with zero attached hydrogens (tertiary/aromatic N) is 1. The van der Waals surface area contributed by atoms with Gasteiger partial charge in [0.1, 0.15) is 17.4 Å². The fourth-order valence-corrected chi connectivity index (χ4v) is 3.27. The van der Waals surface area contributed by atoms with Crippen molar-refractivity contribution in [3.8, 4) is 5.75 Å². The quantitative estimate of drug-likeness (QED) is 0.766. The van der Waals surface area contributed by atoms with Gasteiger partial charge in [-0.3, -0.25) is 4.79 Å². The molecule has 1 unspecified atom stereocenters. The Hall–Kier alpha value is -1.95. The lowest BCUT2D eigenvalue weighted by Gasteiger charge is -2.31. The first-order valence-electron chi connectivity index (χ1n) is 7.67. The number of fused-ring (bicyclic) bond motifs is 1. The number of amides is 1. The number of ether oxygens (including phenoxy) is 1. The van der Waals surface area contributed by atoms with Crippen molar-refractivity contribution in [2.24, 2.45) is 0 Å². The van der Waals surface area contributed by atoms with Gasteiger partial charge in [-0.05, 0) is 77.7 Å². The van der Waals surface area contributed by atoms with Gasteiger partial charge >= 0.3 is 0 Å². The molecule has 3 rings (SSSR count). The Bertz CT molecular complexity index is 782. The molecule has 1 aliphatic heterocycles. The molecule has 0 aromatic heterocycles. The van der Waals surface area contributed by atoms with E-state index in [9.17, 15) is 13.6 Å². The summed E-state index contributed by atoms with van der Waals surface area (Å²) in [6, 6.07) is 8.48. The molecule has 2 aromatic rings. The number of rotatable bonds is 3. The van der Waals surface area contributed by atoms with E-state index < -0.39 is 6.10 Å². The van der Waals surface area contributed by atoms with E-state index in [-0.39, 0.29) is 17.5 Å². The molecule has 0 aliphatic carbocycles. The molecule has 126 valence electrons. The fourth-order valence-electron chi connectivity index (χ4n) is 2.83. The number of benzene rings is 2. The van der Waals surface area contributed by atoms with Gasteiger partial charge in [-0.1, -0.05) is 0 Å². The van der Waals surface area contributed by atoms with Crippen LogP contribution in [-0.2, 0) is 11.2 Å². The molecule has 6 heteroatoms. The Labute approximate surface area is 147 Å². The van der Waals surface area contributed by atoms with Gasteiger partial charge in [-0.2, -0.15) is 0 Å². The first-order valence-corrected chi connectivity index (χ1v) is 8.46. The van der Waals surface area contributed by atoms with Gasteiger partial charge in [0.2, 0.25) is 0 Å². The van der Waals surface area contributed by atoms with Gasteiger partial charge in [0.15, 0.2) is 6.10 Å². The van der Waals surface area contributed by atoms with E-state index >= 15 is 0 Å². The maximum Gasteiger partial charge on any atom is 0.267 e. The molecule has 0 spiro atoms. The van der Waals surface area contributed by atoms with Gasteiger partial charge < -0.3 is 9.64 Å². The molecule has 24 heavy (non-hydrogen) atoms. The van der Waals surface area contributed by atoms with E-state index in [1.807, 2.05) is 0 Å².